The maximum Gasteiger partial charge on any atom is 0.0116 e. The van der Waals surface area contributed by atoms with Crippen molar-refractivity contribution >= 4 is 17.3 Å². The largest absolute Gasteiger partial charge is 0.0978 e. The minimum absolute atomic E-state index is 0.781. The van der Waals surface area contributed by atoms with Crippen molar-refractivity contribution in [1.82, 2.24) is 0 Å². The van der Waals surface area contributed by atoms with E-state index in [2.05, 4.69) is 66.1 Å². The van der Waals surface area contributed by atoms with Crippen molar-refractivity contribution in [3.05, 3.63) is 71.6 Å². The van der Waals surface area contributed by atoms with E-state index in [4.69, 9.17) is 0 Å². The summed E-state index contributed by atoms with van der Waals surface area (Å²) < 4.78 is 0. The van der Waals surface area contributed by atoms with Gasteiger partial charge in [0.2, 0.25) is 0 Å². The predicted octanol–water partition coefficient (Wildman–Crippen LogP) is 5.23. The van der Waals surface area contributed by atoms with Gasteiger partial charge in [-0.2, -0.15) is 0 Å². The summed E-state index contributed by atoms with van der Waals surface area (Å²) in [6.07, 6.45) is 2.69. The molecule has 0 aliphatic heterocycles. The van der Waals surface area contributed by atoms with Crippen LogP contribution in [-0.4, -0.2) is 0 Å². The quantitative estimate of drug-likeness (QED) is 0.671. The number of thioether (sulfide) groups is 1. The predicted molar refractivity (Wildman–Crippen MR) is 79.4 cm³/mol. The van der Waals surface area contributed by atoms with Crippen LogP contribution >= 0.6 is 11.8 Å². The van der Waals surface area contributed by atoms with Gasteiger partial charge >= 0.3 is 0 Å². The van der Waals surface area contributed by atoms with Gasteiger partial charge in [0, 0.05) is 4.90 Å². The summed E-state index contributed by atoms with van der Waals surface area (Å²) in [5.41, 5.74) is 2.88. The molecule has 0 unspecified atom stereocenters. The van der Waals surface area contributed by atoms with Crippen molar-refractivity contribution in [1.29, 1.82) is 0 Å². The molecule has 1 heteroatoms. The number of hydrogen-bond acceptors (Lipinski definition) is 1. The average molecular weight is 252 g/mol. The second kappa shape index (κ2) is 5.45. The maximum absolute atomic E-state index is 2.34. The normalized spacial score (nSPS) is 15.7. The molecule has 90 valence electrons. The highest BCUT2D eigenvalue weighted by molar-refractivity contribution is 8.02. The van der Waals surface area contributed by atoms with E-state index >= 15 is 0 Å². The summed E-state index contributed by atoms with van der Waals surface area (Å²) in [5, 5.41) is 2.34. The van der Waals surface area contributed by atoms with Gasteiger partial charge in [0.05, 0.1) is 0 Å². The molecule has 2 aromatic carbocycles. The summed E-state index contributed by atoms with van der Waals surface area (Å²) in [6, 6.07) is 21.3. The Bertz CT molecular complexity index is 524. The maximum atomic E-state index is 2.34. The van der Waals surface area contributed by atoms with E-state index in [9.17, 15) is 0 Å². The van der Waals surface area contributed by atoms with Gasteiger partial charge in [-0.1, -0.05) is 60.3 Å². The number of allylic oxidation sites excluding steroid dienone is 1. The van der Waals surface area contributed by atoms with Crippen molar-refractivity contribution < 1.29 is 0 Å². The molecule has 0 spiro atoms. The fourth-order valence-corrected chi connectivity index (χ4v) is 2.96. The van der Waals surface area contributed by atoms with E-state index in [1.165, 1.54) is 28.9 Å². The summed E-state index contributed by atoms with van der Waals surface area (Å²) >= 11 is 1.83. The molecule has 0 amide bonds. The first kappa shape index (κ1) is 11.6. The molecule has 0 heterocycles. The van der Waals surface area contributed by atoms with E-state index in [0.29, 0.717) is 0 Å². The lowest BCUT2D eigenvalue weighted by Crippen LogP contribution is -1.85. The third-order valence-corrected chi connectivity index (χ3v) is 4.11. The van der Waals surface area contributed by atoms with Crippen LogP contribution in [0.15, 0.2) is 71.0 Å². The highest BCUT2D eigenvalue weighted by Crippen LogP contribution is 2.43. The van der Waals surface area contributed by atoms with Crippen molar-refractivity contribution in [3.63, 3.8) is 0 Å². The van der Waals surface area contributed by atoms with Gasteiger partial charge in [-0.15, -0.1) is 0 Å². The van der Waals surface area contributed by atoms with Crippen molar-refractivity contribution in [2.24, 2.45) is 5.92 Å². The Morgan fingerprint density at radius 3 is 2.11 bits per heavy atom. The lowest BCUT2D eigenvalue weighted by atomic mass is 10.0. The van der Waals surface area contributed by atoms with Gasteiger partial charge in [0.25, 0.3) is 0 Å². The Balaban J connectivity index is 1.82. The van der Waals surface area contributed by atoms with Crippen LogP contribution in [0.3, 0.4) is 0 Å². The molecule has 0 saturated heterocycles. The van der Waals surface area contributed by atoms with Crippen LogP contribution in [0.2, 0.25) is 0 Å². The Morgan fingerprint density at radius 1 is 0.889 bits per heavy atom. The van der Waals surface area contributed by atoms with E-state index in [0.717, 1.165) is 5.92 Å². The zero-order valence-electron chi connectivity index (χ0n) is 10.3. The second-order valence-electron chi connectivity index (χ2n) is 4.64. The van der Waals surface area contributed by atoms with Crippen LogP contribution in [0.25, 0.3) is 5.57 Å². The molecule has 0 bridgehead atoms. The Morgan fingerprint density at radius 2 is 1.50 bits per heavy atom. The minimum atomic E-state index is 0.781. The lowest BCUT2D eigenvalue weighted by Gasteiger charge is -2.06. The summed E-state index contributed by atoms with van der Waals surface area (Å²) in [6.45, 7) is 0. The fourth-order valence-electron chi connectivity index (χ4n) is 2.06. The van der Waals surface area contributed by atoms with Gasteiger partial charge in [-0.3, -0.25) is 0 Å². The SMILES string of the molecule is C(/Sc1ccccc1)=C(/c1ccccc1)C1CC1. The van der Waals surface area contributed by atoms with Crippen LogP contribution in [-0.2, 0) is 0 Å². The number of rotatable bonds is 4. The van der Waals surface area contributed by atoms with Crippen LogP contribution in [0.1, 0.15) is 18.4 Å². The molecule has 0 aromatic heterocycles. The third-order valence-electron chi connectivity index (χ3n) is 3.19. The highest BCUT2D eigenvalue weighted by Gasteiger charge is 2.26. The third kappa shape index (κ3) is 2.85. The first-order chi connectivity index (χ1) is 8.93. The smallest absolute Gasteiger partial charge is 0.0116 e. The lowest BCUT2D eigenvalue weighted by molar-refractivity contribution is 1.15. The molecule has 2 aromatic rings. The summed E-state index contributed by atoms with van der Waals surface area (Å²) in [4.78, 5) is 1.31. The zero-order valence-corrected chi connectivity index (χ0v) is 11.1. The van der Waals surface area contributed by atoms with E-state index < -0.39 is 0 Å². The first-order valence-corrected chi connectivity index (χ1v) is 7.28. The average Bonchev–Trinajstić information content (AvgIpc) is 3.26. The van der Waals surface area contributed by atoms with Gasteiger partial charge in [-0.05, 0) is 47.4 Å². The Labute approximate surface area is 113 Å². The van der Waals surface area contributed by atoms with Crippen molar-refractivity contribution in [3.8, 4) is 0 Å². The number of hydrogen-bond donors (Lipinski definition) is 0. The summed E-state index contributed by atoms with van der Waals surface area (Å²) in [5.74, 6) is 0.781. The van der Waals surface area contributed by atoms with E-state index in [1.54, 1.807) is 0 Å². The highest BCUT2D eigenvalue weighted by atomic mass is 32.2. The van der Waals surface area contributed by atoms with E-state index in [-0.39, 0.29) is 0 Å². The van der Waals surface area contributed by atoms with Crippen molar-refractivity contribution in [2.45, 2.75) is 17.7 Å². The molecule has 1 aliphatic rings. The van der Waals surface area contributed by atoms with Gasteiger partial charge < -0.3 is 0 Å². The van der Waals surface area contributed by atoms with Crippen LogP contribution < -0.4 is 0 Å². The second-order valence-corrected chi connectivity index (χ2v) is 5.59. The molecule has 3 rings (SSSR count). The standard InChI is InChI=1S/C17H16S/c1-3-7-14(8-4-1)17(15-11-12-15)13-18-16-9-5-2-6-10-16/h1-10,13,15H,11-12H2/b17-13+. The number of benzene rings is 2. The Kier molecular flexibility index (Phi) is 3.51. The molecule has 0 radical (unpaired) electrons. The summed E-state index contributed by atoms with van der Waals surface area (Å²) in [7, 11) is 0. The first-order valence-electron chi connectivity index (χ1n) is 6.41. The van der Waals surface area contributed by atoms with Gasteiger partial charge in [0.1, 0.15) is 0 Å². The van der Waals surface area contributed by atoms with Crippen LogP contribution in [0, 0.1) is 5.92 Å². The topological polar surface area (TPSA) is 0 Å². The molecular formula is C17H16S. The molecule has 18 heavy (non-hydrogen) atoms. The van der Waals surface area contributed by atoms with Crippen molar-refractivity contribution in [2.75, 3.05) is 0 Å². The van der Waals surface area contributed by atoms with E-state index in [1.807, 2.05) is 11.8 Å². The van der Waals surface area contributed by atoms with Crippen LogP contribution in [0.4, 0.5) is 0 Å². The van der Waals surface area contributed by atoms with Gasteiger partial charge in [0.15, 0.2) is 0 Å². The Hall–Kier alpha value is -1.47. The fraction of sp³-hybridized carbons (Fsp3) is 0.176. The molecule has 0 nitrogen and oxygen atoms in total. The van der Waals surface area contributed by atoms with Gasteiger partial charge in [-0.25, -0.2) is 0 Å². The minimum Gasteiger partial charge on any atom is -0.0978 e. The van der Waals surface area contributed by atoms with Crippen LogP contribution in [0.5, 0.6) is 0 Å². The molecule has 1 fully saturated rings. The molecule has 0 N–H and O–H groups in total. The monoisotopic (exact) mass is 252 g/mol. The molecule has 1 saturated carbocycles. The molecule has 1 aliphatic carbocycles. The molecular weight excluding hydrogens is 236 g/mol. The zero-order chi connectivity index (χ0) is 12.2. The molecule has 0 atom stereocenters.